The van der Waals surface area contributed by atoms with Crippen LogP contribution in [-0.2, 0) is 12.8 Å². The van der Waals surface area contributed by atoms with E-state index in [-0.39, 0.29) is 0 Å². The van der Waals surface area contributed by atoms with Crippen molar-refractivity contribution in [1.29, 1.82) is 0 Å². The summed E-state index contributed by atoms with van der Waals surface area (Å²) >= 11 is 0. The van der Waals surface area contributed by atoms with Gasteiger partial charge in [0.25, 0.3) is 0 Å². The number of fused-ring (bicyclic) bond motifs is 1. The SMILES string of the molecule is C=C1C(=C)C(C)=C1C.CC.CC.CC1=CCc2ccccc21.CCc1ccccc1-c1ccccc1. The summed E-state index contributed by atoms with van der Waals surface area (Å²) in [5.41, 5.74) is 13.3. The molecule has 0 nitrogen and oxygen atoms in total. The minimum Gasteiger partial charge on any atom is -0.0909 e. The highest BCUT2D eigenvalue weighted by Crippen LogP contribution is 2.35. The summed E-state index contributed by atoms with van der Waals surface area (Å²) in [4.78, 5) is 0. The fourth-order valence-corrected chi connectivity index (χ4v) is 4.03. The van der Waals surface area contributed by atoms with Crippen LogP contribution in [0.2, 0.25) is 0 Å². The van der Waals surface area contributed by atoms with Gasteiger partial charge in [0.05, 0.1) is 0 Å². The van der Waals surface area contributed by atoms with Crippen LogP contribution in [0.15, 0.2) is 120 Å². The lowest BCUT2D eigenvalue weighted by molar-refractivity contribution is 1.14. The van der Waals surface area contributed by atoms with Crippen LogP contribution < -0.4 is 0 Å². The number of hydrogen-bond donors (Lipinski definition) is 0. The molecule has 3 aromatic rings. The molecule has 2 aliphatic carbocycles. The van der Waals surface area contributed by atoms with Crippen LogP contribution in [0, 0.1) is 0 Å². The fraction of sp³-hybridized carbons (Fsp3) is 0.278. The molecule has 36 heavy (non-hydrogen) atoms. The fourth-order valence-electron chi connectivity index (χ4n) is 4.03. The number of aryl methyl sites for hydroxylation is 1. The molecular formula is C36H46. The summed E-state index contributed by atoms with van der Waals surface area (Å²) in [5.74, 6) is 0. The molecule has 0 fully saturated rings. The predicted octanol–water partition coefficient (Wildman–Crippen LogP) is 11.1. The Morgan fingerprint density at radius 3 is 1.58 bits per heavy atom. The largest absolute Gasteiger partial charge is 0.0909 e. The molecule has 0 heteroatoms. The normalized spacial score (nSPS) is 12.6. The molecule has 0 radical (unpaired) electrons. The summed E-state index contributed by atoms with van der Waals surface area (Å²) in [7, 11) is 0. The van der Waals surface area contributed by atoms with E-state index < -0.39 is 0 Å². The number of hydrogen-bond acceptors (Lipinski definition) is 0. The molecular weight excluding hydrogens is 432 g/mol. The van der Waals surface area contributed by atoms with Crippen molar-refractivity contribution in [2.24, 2.45) is 0 Å². The van der Waals surface area contributed by atoms with Crippen LogP contribution in [-0.4, -0.2) is 0 Å². The Bertz CT molecular complexity index is 1150. The third-order valence-corrected chi connectivity index (χ3v) is 6.39. The monoisotopic (exact) mass is 478 g/mol. The van der Waals surface area contributed by atoms with Crippen molar-refractivity contribution in [3.05, 3.63) is 137 Å². The quantitative estimate of drug-likeness (QED) is 0.343. The van der Waals surface area contributed by atoms with E-state index in [0.29, 0.717) is 0 Å². The van der Waals surface area contributed by atoms with Crippen molar-refractivity contribution < 1.29 is 0 Å². The molecule has 3 aromatic carbocycles. The van der Waals surface area contributed by atoms with Crippen LogP contribution >= 0.6 is 0 Å². The molecule has 190 valence electrons. The Labute approximate surface area is 221 Å². The first-order chi connectivity index (χ1) is 17.4. The zero-order valence-electron chi connectivity index (χ0n) is 23.9. The van der Waals surface area contributed by atoms with Crippen molar-refractivity contribution in [2.75, 3.05) is 0 Å². The molecule has 0 saturated carbocycles. The highest BCUT2D eigenvalue weighted by atomic mass is 14.2. The Balaban J connectivity index is 0.000000261. The number of allylic oxidation sites excluding steroid dienone is 6. The van der Waals surface area contributed by atoms with E-state index >= 15 is 0 Å². The zero-order valence-corrected chi connectivity index (χ0v) is 23.9. The summed E-state index contributed by atoms with van der Waals surface area (Å²) in [6.07, 6.45) is 4.50. The van der Waals surface area contributed by atoms with Gasteiger partial charge in [-0.05, 0) is 89.3 Å². The molecule has 0 N–H and O–H groups in total. The lowest BCUT2D eigenvalue weighted by atomic mass is 9.82. The maximum atomic E-state index is 3.82. The lowest BCUT2D eigenvalue weighted by Gasteiger charge is -2.23. The summed E-state index contributed by atoms with van der Waals surface area (Å²) in [6.45, 7) is 24.2. The topological polar surface area (TPSA) is 0 Å². The van der Waals surface area contributed by atoms with Crippen molar-refractivity contribution in [3.8, 4) is 11.1 Å². The highest BCUT2D eigenvalue weighted by molar-refractivity contribution is 5.71. The Morgan fingerprint density at radius 2 is 1.08 bits per heavy atom. The molecule has 5 rings (SSSR count). The van der Waals surface area contributed by atoms with Gasteiger partial charge < -0.3 is 0 Å². The molecule has 0 aliphatic heterocycles. The van der Waals surface area contributed by atoms with E-state index in [9.17, 15) is 0 Å². The van der Waals surface area contributed by atoms with E-state index in [1.54, 1.807) is 0 Å². The summed E-state index contributed by atoms with van der Waals surface area (Å²) in [5, 5.41) is 0. The van der Waals surface area contributed by atoms with Crippen molar-refractivity contribution >= 4 is 5.57 Å². The van der Waals surface area contributed by atoms with Gasteiger partial charge in [0.15, 0.2) is 0 Å². The van der Waals surface area contributed by atoms with Gasteiger partial charge in [-0.1, -0.05) is 133 Å². The van der Waals surface area contributed by atoms with Crippen molar-refractivity contribution in [2.45, 2.75) is 68.2 Å². The van der Waals surface area contributed by atoms with E-state index in [4.69, 9.17) is 0 Å². The van der Waals surface area contributed by atoms with Crippen molar-refractivity contribution in [1.82, 2.24) is 0 Å². The van der Waals surface area contributed by atoms with Gasteiger partial charge >= 0.3 is 0 Å². The second-order valence-electron chi connectivity index (χ2n) is 8.33. The average Bonchev–Trinajstić information content (AvgIpc) is 3.35. The Kier molecular flexibility index (Phi) is 13.9. The molecule has 0 atom stereocenters. The van der Waals surface area contributed by atoms with Gasteiger partial charge in [-0.15, -0.1) is 0 Å². The highest BCUT2D eigenvalue weighted by Gasteiger charge is 2.17. The van der Waals surface area contributed by atoms with Gasteiger partial charge in [0, 0.05) is 0 Å². The molecule has 2 aliphatic rings. The molecule has 0 bridgehead atoms. The first kappa shape index (κ1) is 30.7. The Morgan fingerprint density at radius 1 is 0.611 bits per heavy atom. The molecule has 0 amide bonds. The molecule has 0 spiro atoms. The van der Waals surface area contributed by atoms with Gasteiger partial charge in [-0.2, -0.15) is 0 Å². The third-order valence-electron chi connectivity index (χ3n) is 6.39. The second-order valence-corrected chi connectivity index (χ2v) is 8.33. The smallest absolute Gasteiger partial charge is 0.00855 e. The molecule has 0 saturated heterocycles. The van der Waals surface area contributed by atoms with E-state index in [0.717, 1.165) is 24.0 Å². The molecule has 0 aromatic heterocycles. The zero-order chi connectivity index (χ0) is 27.1. The van der Waals surface area contributed by atoms with Crippen LogP contribution in [0.5, 0.6) is 0 Å². The van der Waals surface area contributed by atoms with Crippen LogP contribution in [0.25, 0.3) is 16.7 Å². The average molecular weight is 479 g/mol. The lowest BCUT2D eigenvalue weighted by Crippen LogP contribution is -2.04. The summed E-state index contributed by atoms with van der Waals surface area (Å²) < 4.78 is 0. The number of benzene rings is 3. The van der Waals surface area contributed by atoms with Gasteiger partial charge in [0.1, 0.15) is 0 Å². The summed E-state index contributed by atoms with van der Waals surface area (Å²) in [6, 6.07) is 27.7. The van der Waals surface area contributed by atoms with Crippen molar-refractivity contribution in [3.63, 3.8) is 0 Å². The Hall–Kier alpha value is -3.38. The number of rotatable bonds is 2. The standard InChI is InChI=1S/C14H14.C10H10.C8H10.2C2H6/c1-2-12-8-6-7-11-14(12)13-9-4-3-5-10-13;1-8-6-7-9-4-2-3-5-10(8)9;1-5-6(2)8(4)7(5)3;2*1-2/h3-11H,2H2,1H3;2-6H,7H2,1H3;1-2H2,3-4H3;2*1-2H3. The first-order valence-corrected chi connectivity index (χ1v) is 13.4. The van der Waals surface area contributed by atoms with E-state index in [1.165, 1.54) is 44.5 Å². The van der Waals surface area contributed by atoms with Crippen LogP contribution in [0.4, 0.5) is 0 Å². The second kappa shape index (κ2) is 16.3. The predicted molar refractivity (Wildman–Crippen MR) is 164 cm³/mol. The molecule has 0 heterocycles. The maximum absolute atomic E-state index is 3.82. The molecule has 0 unspecified atom stereocenters. The van der Waals surface area contributed by atoms with Gasteiger partial charge in [0.2, 0.25) is 0 Å². The minimum absolute atomic E-state index is 1.09. The first-order valence-electron chi connectivity index (χ1n) is 13.4. The maximum Gasteiger partial charge on any atom is -0.00855 e. The van der Waals surface area contributed by atoms with Gasteiger partial charge in [-0.3, -0.25) is 0 Å². The van der Waals surface area contributed by atoms with E-state index in [2.05, 4.69) is 126 Å². The van der Waals surface area contributed by atoms with E-state index in [1.807, 2.05) is 27.7 Å². The van der Waals surface area contributed by atoms with Crippen LogP contribution in [0.1, 0.15) is 72.1 Å². The van der Waals surface area contributed by atoms with Crippen LogP contribution in [0.3, 0.4) is 0 Å². The minimum atomic E-state index is 1.09. The third kappa shape index (κ3) is 8.09. The van der Waals surface area contributed by atoms with Gasteiger partial charge in [-0.25, -0.2) is 0 Å².